The van der Waals surface area contributed by atoms with Crippen LogP contribution in [-0.2, 0) is 0 Å². The molecule has 0 aromatic rings. The van der Waals surface area contributed by atoms with Crippen LogP contribution in [0.15, 0.2) is 0 Å². The zero-order chi connectivity index (χ0) is 10.4. The van der Waals surface area contributed by atoms with E-state index in [1.165, 1.54) is 25.8 Å². The first kappa shape index (κ1) is 11.6. The molecule has 80 valence electrons. The van der Waals surface area contributed by atoms with Crippen LogP contribution in [0.3, 0.4) is 0 Å². The molecular weight excluding hydrogens is 172 g/mol. The van der Waals surface area contributed by atoms with Gasteiger partial charge >= 0.3 is 0 Å². The number of rotatable bonds is 7. The van der Waals surface area contributed by atoms with Crippen molar-refractivity contribution < 1.29 is 0 Å². The van der Waals surface area contributed by atoms with E-state index in [2.05, 4.69) is 30.0 Å². The van der Waals surface area contributed by atoms with Crippen LogP contribution in [0, 0.1) is 12.3 Å². The van der Waals surface area contributed by atoms with Crippen LogP contribution in [0.4, 0.5) is 0 Å². The summed E-state index contributed by atoms with van der Waals surface area (Å²) in [4.78, 5) is 2.61. The standard InChI is InChI=1S/C12H22N2/c1-4-8-13-10-11(3)14(9-5-2)12-6-7-12/h1,11-13H,5-10H2,2-3H3. The molecule has 0 amide bonds. The maximum absolute atomic E-state index is 5.20. The van der Waals surface area contributed by atoms with Gasteiger partial charge in [-0.1, -0.05) is 12.8 Å². The molecule has 1 aliphatic rings. The number of hydrogen-bond donors (Lipinski definition) is 1. The highest BCUT2D eigenvalue weighted by Gasteiger charge is 2.30. The fourth-order valence-electron chi connectivity index (χ4n) is 1.90. The van der Waals surface area contributed by atoms with Gasteiger partial charge in [0.15, 0.2) is 0 Å². The van der Waals surface area contributed by atoms with E-state index in [1.807, 2.05) is 0 Å². The minimum Gasteiger partial charge on any atom is -0.305 e. The molecule has 0 saturated heterocycles. The van der Waals surface area contributed by atoms with Crippen molar-refractivity contribution in [3.05, 3.63) is 0 Å². The van der Waals surface area contributed by atoms with Crippen LogP contribution in [0.5, 0.6) is 0 Å². The fourth-order valence-corrected chi connectivity index (χ4v) is 1.90. The number of terminal acetylenes is 1. The van der Waals surface area contributed by atoms with E-state index in [-0.39, 0.29) is 0 Å². The van der Waals surface area contributed by atoms with Crippen molar-refractivity contribution in [2.24, 2.45) is 0 Å². The van der Waals surface area contributed by atoms with Crippen LogP contribution in [0.25, 0.3) is 0 Å². The van der Waals surface area contributed by atoms with Gasteiger partial charge in [-0.15, -0.1) is 6.42 Å². The first-order chi connectivity index (χ1) is 6.79. The molecule has 1 N–H and O–H groups in total. The normalized spacial score (nSPS) is 18.1. The third-order valence-corrected chi connectivity index (χ3v) is 2.73. The van der Waals surface area contributed by atoms with Gasteiger partial charge in [0.2, 0.25) is 0 Å². The Bertz CT molecular complexity index is 191. The van der Waals surface area contributed by atoms with Gasteiger partial charge in [0.05, 0.1) is 6.54 Å². The van der Waals surface area contributed by atoms with Gasteiger partial charge in [-0.25, -0.2) is 0 Å². The highest BCUT2D eigenvalue weighted by Crippen LogP contribution is 2.28. The van der Waals surface area contributed by atoms with E-state index in [1.54, 1.807) is 0 Å². The molecule has 1 aliphatic carbocycles. The Morgan fingerprint density at radius 3 is 2.79 bits per heavy atom. The van der Waals surface area contributed by atoms with E-state index >= 15 is 0 Å². The lowest BCUT2D eigenvalue weighted by Crippen LogP contribution is -2.42. The first-order valence-electron chi connectivity index (χ1n) is 5.69. The summed E-state index contributed by atoms with van der Waals surface area (Å²) in [7, 11) is 0. The minimum atomic E-state index is 0.621. The van der Waals surface area contributed by atoms with Gasteiger partial charge in [0.25, 0.3) is 0 Å². The molecule has 0 radical (unpaired) electrons. The first-order valence-corrected chi connectivity index (χ1v) is 5.69. The van der Waals surface area contributed by atoms with Crippen LogP contribution >= 0.6 is 0 Å². The molecule has 14 heavy (non-hydrogen) atoms. The Balaban J connectivity index is 2.23. The lowest BCUT2D eigenvalue weighted by Gasteiger charge is -2.28. The average molecular weight is 194 g/mol. The molecule has 1 atom stereocenters. The number of nitrogens with zero attached hydrogens (tertiary/aromatic N) is 1. The summed E-state index contributed by atoms with van der Waals surface area (Å²) in [5, 5.41) is 3.28. The molecule has 1 unspecified atom stereocenters. The Morgan fingerprint density at radius 2 is 2.29 bits per heavy atom. The molecule has 0 spiro atoms. The molecule has 0 aromatic carbocycles. The van der Waals surface area contributed by atoms with Crippen molar-refractivity contribution in [1.82, 2.24) is 10.2 Å². The van der Waals surface area contributed by atoms with Crippen molar-refractivity contribution in [1.29, 1.82) is 0 Å². The third kappa shape index (κ3) is 3.69. The molecule has 1 fully saturated rings. The summed E-state index contributed by atoms with van der Waals surface area (Å²) in [5.74, 6) is 2.61. The highest BCUT2D eigenvalue weighted by atomic mass is 15.2. The lowest BCUT2D eigenvalue weighted by molar-refractivity contribution is 0.196. The molecule has 0 aromatic heterocycles. The number of hydrogen-bond acceptors (Lipinski definition) is 2. The van der Waals surface area contributed by atoms with Gasteiger partial charge in [0.1, 0.15) is 0 Å². The molecule has 1 saturated carbocycles. The minimum absolute atomic E-state index is 0.621. The maximum atomic E-state index is 5.20. The van der Waals surface area contributed by atoms with Gasteiger partial charge in [-0.05, 0) is 32.7 Å². The Labute approximate surface area is 88.1 Å². The highest BCUT2D eigenvalue weighted by molar-refractivity contribution is 4.90. The third-order valence-electron chi connectivity index (χ3n) is 2.73. The second-order valence-electron chi connectivity index (χ2n) is 4.15. The second-order valence-corrected chi connectivity index (χ2v) is 4.15. The molecular formula is C12H22N2. The van der Waals surface area contributed by atoms with Gasteiger partial charge in [-0.3, -0.25) is 4.90 Å². The molecule has 0 heterocycles. The quantitative estimate of drug-likeness (QED) is 0.488. The molecule has 1 rings (SSSR count). The predicted molar refractivity (Wildman–Crippen MR) is 61.2 cm³/mol. The zero-order valence-corrected chi connectivity index (χ0v) is 9.42. The van der Waals surface area contributed by atoms with E-state index in [4.69, 9.17) is 6.42 Å². The summed E-state index contributed by atoms with van der Waals surface area (Å²) in [6.45, 7) is 7.47. The molecule has 0 bridgehead atoms. The SMILES string of the molecule is C#CCNCC(C)N(CCC)C1CC1. The summed E-state index contributed by atoms with van der Waals surface area (Å²) < 4.78 is 0. The van der Waals surface area contributed by atoms with Crippen LogP contribution in [0.1, 0.15) is 33.1 Å². The largest absolute Gasteiger partial charge is 0.305 e. The maximum Gasteiger partial charge on any atom is 0.0574 e. The van der Waals surface area contributed by atoms with Crippen molar-refractivity contribution >= 4 is 0 Å². The van der Waals surface area contributed by atoms with E-state index in [0.29, 0.717) is 12.6 Å². The molecule has 2 heteroatoms. The summed E-state index contributed by atoms with van der Waals surface area (Å²) in [6, 6.07) is 1.48. The monoisotopic (exact) mass is 194 g/mol. The van der Waals surface area contributed by atoms with Crippen LogP contribution in [-0.4, -0.2) is 36.6 Å². The van der Waals surface area contributed by atoms with Crippen molar-refractivity contribution in [2.45, 2.75) is 45.2 Å². The number of nitrogens with one attached hydrogen (secondary N) is 1. The smallest absolute Gasteiger partial charge is 0.0574 e. The van der Waals surface area contributed by atoms with Crippen molar-refractivity contribution in [3.8, 4) is 12.3 Å². The molecule has 0 aliphatic heterocycles. The summed E-state index contributed by atoms with van der Waals surface area (Å²) in [5.41, 5.74) is 0. The van der Waals surface area contributed by atoms with Crippen molar-refractivity contribution in [3.63, 3.8) is 0 Å². The van der Waals surface area contributed by atoms with Gasteiger partial charge in [0, 0.05) is 18.6 Å². The zero-order valence-electron chi connectivity index (χ0n) is 9.42. The Hall–Kier alpha value is -0.520. The van der Waals surface area contributed by atoms with Gasteiger partial charge < -0.3 is 5.32 Å². The summed E-state index contributed by atoms with van der Waals surface area (Å²) >= 11 is 0. The Kier molecular flexibility index (Phi) is 5.00. The summed E-state index contributed by atoms with van der Waals surface area (Å²) in [6.07, 6.45) is 9.22. The van der Waals surface area contributed by atoms with E-state index < -0.39 is 0 Å². The van der Waals surface area contributed by atoms with Gasteiger partial charge in [-0.2, -0.15) is 0 Å². The Morgan fingerprint density at radius 1 is 1.57 bits per heavy atom. The lowest BCUT2D eigenvalue weighted by atomic mass is 10.2. The van der Waals surface area contributed by atoms with Crippen LogP contribution in [0.2, 0.25) is 0 Å². The second kappa shape index (κ2) is 6.06. The van der Waals surface area contributed by atoms with Crippen molar-refractivity contribution in [2.75, 3.05) is 19.6 Å². The van der Waals surface area contributed by atoms with Crippen LogP contribution < -0.4 is 5.32 Å². The predicted octanol–water partition coefficient (Wildman–Crippen LogP) is 1.47. The van der Waals surface area contributed by atoms with E-state index in [9.17, 15) is 0 Å². The average Bonchev–Trinajstić information content (AvgIpc) is 2.98. The van der Waals surface area contributed by atoms with E-state index in [0.717, 1.165) is 12.6 Å². The molecule has 2 nitrogen and oxygen atoms in total. The fraction of sp³-hybridized carbons (Fsp3) is 0.833. The topological polar surface area (TPSA) is 15.3 Å².